The molecule has 0 amide bonds. The summed E-state index contributed by atoms with van der Waals surface area (Å²) in [6, 6.07) is 8.01. The molecule has 0 N–H and O–H groups in total. The van der Waals surface area contributed by atoms with Gasteiger partial charge in [0.25, 0.3) is 5.79 Å². The Balaban J connectivity index is 2.40. The van der Waals surface area contributed by atoms with Crippen molar-refractivity contribution in [2.75, 3.05) is 0 Å². The van der Waals surface area contributed by atoms with Crippen LogP contribution in [-0.4, -0.2) is 25.8 Å². The van der Waals surface area contributed by atoms with Crippen molar-refractivity contribution in [1.29, 1.82) is 0 Å². The van der Waals surface area contributed by atoms with Crippen LogP contribution >= 0.6 is 0 Å². The predicted octanol–water partition coefficient (Wildman–Crippen LogP) is 2.84. The Morgan fingerprint density at radius 2 is 1.41 bits per heavy atom. The van der Waals surface area contributed by atoms with Gasteiger partial charge < -0.3 is 9.47 Å². The Morgan fingerprint density at radius 1 is 0.955 bits per heavy atom. The number of hydrogen-bond acceptors (Lipinski definition) is 4. The first-order valence-electron chi connectivity index (χ1n) is 7.30. The zero-order valence-corrected chi connectivity index (χ0v) is 14.9. The monoisotopic (exact) mass is 318 g/mol. The molecule has 0 radical (unpaired) electrons. The number of esters is 2. The number of rotatable bonds is 2. The lowest BCUT2D eigenvalue weighted by Crippen LogP contribution is -2.42. The van der Waals surface area contributed by atoms with E-state index in [2.05, 4.69) is 31.8 Å². The van der Waals surface area contributed by atoms with Crippen LogP contribution in [0.5, 0.6) is 0 Å². The van der Waals surface area contributed by atoms with Crippen molar-refractivity contribution in [3.8, 4) is 0 Å². The average molecular weight is 318 g/mol. The molecule has 0 atom stereocenters. The number of carbonyl (C=O) groups excluding carboxylic acids is 2. The highest BCUT2D eigenvalue weighted by Crippen LogP contribution is 2.28. The van der Waals surface area contributed by atoms with E-state index in [1.54, 1.807) is 6.92 Å². The lowest BCUT2D eigenvalue weighted by molar-refractivity contribution is -0.222. The fourth-order valence-electron chi connectivity index (χ4n) is 2.32. The summed E-state index contributed by atoms with van der Waals surface area (Å²) >= 11 is 0. The van der Waals surface area contributed by atoms with Crippen LogP contribution in [0.15, 0.2) is 29.8 Å². The third kappa shape index (κ3) is 3.30. The number of allylic oxidation sites excluding steroid dienone is 1. The van der Waals surface area contributed by atoms with Crippen molar-refractivity contribution in [1.82, 2.24) is 0 Å². The Kier molecular flexibility index (Phi) is 4.04. The summed E-state index contributed by atoms with van der Waals surface area (Å²) in [6.45, 7) is 11.6. The van der Waals surface area contributed by atoms with Gasteiger partial charge in [0.1, 0.15) is 5.57 Å². The lowest BCUT2D eigenvalue weighted by Gasteiger charge is -2.30. The number of carbonyl (C=O) groups is 2. The van der Waals surface area contributed by atoms with Crippen molar-refractivity contribution in [3.63, 3.8) is 0 Å². The first kappa shape index (κ1) is 16.5. The summed E-state index contributed by atoms with van der Waals surface area (Å²) in [4.78, 5) is 24.2. The molecule has 0 aliphatic carbocycles. The molecule has 1 heterocycles. The molecule has 0 aromatic heterocycles. The van der Waals surface area contributed by atoms with Crippen LogP contribution in [-0.2, 0) is 19.1 Å². The summed E-state index contributed by atoms with van der Waals surface area (Å²) in [6.07, 6.45) is 0. The molecule has 118 valence electrons. The van der Waals surface area contributed by atoms with E-state index in [-0.39, 0.29) is 5.57 Å². The number of hydrogen-bond donors (Lipinski definition) is 0. The van der Waals surface area contributed by atoms with Crippen LogP contribution in [0.3, 0.4) is 0 Å². The Hall–Kier alpha value is -1.88. The molecule has 4 nitrogen and oxygen atoms in total. The smallest absolute Gasteiger partial charge is 0.349 e. The van der Waals surface area contributed by atoms with Gasteiger partial charge >= 0.3 is 11.9 Å². The molecule has 1 aliphatic heterocycles. The van der Waals surface area contributed by atoms with Crippen molar-refractivity contribution >= 4 is 30.8 Å². The Labute approximate surface area is 132 Å². The SMILES string of the molecule is CC(=C1C(=O)OC(C)(C)OC1=O)c1ccc([Si](C)(C)C)cc1. The first-order valence-corrected chi connectivity index (χ1v) is 10.8. The van der Waals surface area contributed by atoms with E-state index in [1.807, 2.05) is 12.1 Å². The maximum absolute atomic E-state index is 12.1. The van der Waals surface area contributed by atoms with E-state index in [0.29, 0.717) is 5.57 Å². The molecule has 1 aromatic rings. The summed E-state index contributed by atoms with van der Waals surface area (Å²) in [7, 11) is -1.38. The summed E-state index contributed by atoms with van der Waals surface area (Å²) in [5, 5.41) is 1.32. The molecule has 1 aromatic carbocycles. The minimum atomic E-state index is -1.38. The molecule has 0 saturated carbocycles. The van der Waals surface area contributed by atoms with Gasteiger partial charge in [0.15, 0.2) is 0 Å². The minimum Gasteiger partial charge on any atom is -0.419 e. The molecule has 0 unspecified atom stereocenters. The number of benzene rings is 1. The lowest BCUT2D eigenvalue weighted by atomic mass is 10.0. The predicted molar refractivity (Wildman–Crippen MR) is 88.3 cm³/mol. The highest BCUT2D eigenvalue weighted by molar-refractivity contribution is 6.88. The van der Waals surface area contributed by atoms with Crippen LogP contribution in [0, 0.1) is 0 Å². The van der Waals surface area contributed by atoms with Crippen molar-refractivity contribution < 1.29 is 19.1 Å². The second-order valence-electron chi connectivity index (χ2n) is 7.01. The fourth-order valence-corrected chi connectivity index (χ4v) is 3.49. The molecular formula is C17H22O4Si. The van der Waals surface area contributed by atoms with Gasteiger partial charge in [-0.2, -0.15) is 0 Å². The van der Waals surface area contributed by atoms with Crippen LogP contribution < -0.4 is 5.19 Å². The van der Waals surface area contributed by atoms with Crippen molar-refractivity contribution in [2.45, 2.75) is 46.2 Å². The standard InChI is InChI=1S/C17H22O4Si/c1-11(12-7-9-13(10-8-12)22(4,5)6)14-15(18)20-17(2,3)21-16(14)19/h7-10H,1-6H3. The van der Waals surface area contributed by atoms with Crippen LogP contribution in [0.2, 0.25) is 19.6 Å². The summed E-state index contributed by atoms with van der Waals surface area (Å²) in [5.41, 5.74) is 1.37. The first-order chi connectivity index (χ1) is 10.0. The molecule has 0 spiro atoms. The van der Waals surface area contributed by atoms with Gasteiger partial charge in [-0.25, -0.2) is 9.59 Å². The molecule has 1 saturated heterocycles. The van der Waals surface area contributed by atoms with E-state index >= 15 is 0 Å². The molecular weight excluding hydrogens is 296 g/mol. The van der Waals surface area contributed by atoms with Gasteiger partial charge in [-0.05, 0) is 18.1 Å². The number of ether oxygens (including phenoxy) is 2. The van der Waals surface area contributed by atoms with Gasteiger partial charge in [0.05, 0.1) is 8.07 Å². The minimum absolute atomic E-state index is 0.0277. The molecule has 22 heavy (non-hydrogen) atoms. The van der Waals surface area contributed by atoms with Crippen LogP contribution in [0.25, 0.3) is 5.57 Å². The van der Waals surface area contributed by atoms with Crippen molar-refractivity contribution in [2.24, 2.45) is 0 Å². The Bertz CT molecular complexity index is 626. The van der Waals surface area contributed by atoms with Gasteiger partial charge in [0.2, 0.25) is 0 Å². The molecule has 2 rings (SSSR count). The van der Waals surface area contributed by atoms with E-state index < -0.39 is 25.8 Å². The third-order valence-corrected chi connectivity index (χ3v) is 5.71. The molecule has 1 aliphatic rings. The van der Waals surface area contributed by atoms with E-state index in [1.165, 1.54) is 19.0 Å². The zero-order valence-electron chi connectivity index (χ0n) is 13.9. The van der Waals surface area contributed by atoms with E-state index in [9.17, 15) is 9.59 Å². The highest BCUT2D eigenvalue weighted by atomic mass is 28.3. The van der Waals surface area contributed by atoms with Gasteiger partial charge in [-0.15, -0.1) is 0 Å². The molecule has 0 bridgehead atoms. The second-order valence-corrected chi connectivity index (χ2v) is 12.1. The normalized spacial score (nSPS) is 17.8. The van der Waals surface area contributed by atoms with Gasteiger partial charge in [0, 0.05) is 13.8 Å². The zero-order chi connectivity index (χ0) is 16.7. The van der Waals surface area contributed by atoms with Crippen molar-refractivity contribution in [3.05, 3.63) is 35.4 Å². The fraction of sp³-hybridized carbons (Fsp3) is 0.412. The van der Waals surface area contributed by atoms with E-state index in [4.69, 9.17) is 9.47 Å². The summed E-state index contributed by atoms with van der Waals surface area (Å²) < 4.78 is 10.3. The topological polar surface area (TPSA) is 52.6 Å². The van der Waals surface area contributed by atoms with Crippen LogP contribution in [0.4, 0.5) is 0 Å². The Morgan fingerprint density at radius 3 is 1.82 bits per heavy atom. The van der Waals surface area contributed by atoms with Gasteiger partial charge in [-0.1, -0.05) is 49.1 Å². The molecule has 1 fully saturated rings. The quantitative estimate of drug-likeness (QED) is 0.364. The third-order valence-electron chi connectivity index (χ3n) is 3.64. The summed E-state index contributed by atoms with van der Waals surface area (Å²) in [5.74, 6) is -2.47. The maximum Gasteiger partial charge on any atom is 0.349 e. The number of cyclic esters (lactones) is 2. The van der Waals surface area contributed by atoms with Gasteiger partial charge in [-0.3, -0.25) is 0 Å². The largest absolute Gasteiger partial charge is 0.419 e. The molecule has 5 heteroatoms. The second kappa shape index (κ2) is 5.39. The highest BCUT2D eigenvalue weighted by Gasteiger charge is 2.40. The van der Waals surface area contributed by atoms with E-state index in [0.717, 1.165) is 5.56 Å². The maximum atomic E-state index is 12.1. The van der Waals surface area contributed by atoms with Crippen LogP contribution in [0.1, 0.15) is 26.3 Å². The average Bonchev–Trinajstić information content (AvgIpc) is 2.35.